The van der Waals surface area contributed by atoms with Crippen molar-refractivity contribution in [3.63, 3.8) is 0 Å². The minimum atomic E-state index is -3.66. The molecule has 0 bridgehead atoms. The third kappa shape index (κ3) is 5.39. The van der Waals surface area contributed by atoms with E-state index in [1.54, 1.807) is 12.1 Å². The first kappa shape index (κ1) is 20.0. The van der Waals surface area contributed by atoms with Crippen molar-refractivity contribution in [3.05, 3.63) is 71.8 Å². The predicted octanol–water partition coefficient (Wildman–Crippen LogP) is 3.73. The Kier molecular flexibility index (Phi) is 6.01. The van der Waals surface area contributed by atoms with Crippen molar-refractivity contribution >= 4 is 10.1 Å². The van der Waals surface area contributed by atoms with Crippen LogP contribution in [-0.2, 0) is 24.8 Å². The Labute approximate surface area is 162 Å². The molecule has 1 heterocycles. The molecule has 0 spiro atoms. The summed E-state index contributed by atoms with van der Waals surface area (Å²) in [5.41, 5.74) is 1.66. The zero-order valence-electron chi connectivity index (χ0n) is 16.0. The van der Waals surface area contributed by atoms with Gasteiger partial charge in [-0.25, -0.2) is 0 Å². The first-order valence-electron chi connectivity index (χ1n) is 9.13. The summed E-state index contributed by atoms with van der Waals surface area (Å²) in [4.78, 5) is 2.24. The highest BCUT2D eigenvalue weighted by atomic mass is 32.2. The molecular formula is C21H27NO4S. The summed E-state index contributed by atoms with van der Waals surface area (Å²) in [6.45, 7) is 7.01. The van der Waals surface area contributed by atoms with Crippen LogP contribution in [0.4, 0.5) is 0 Å². The molecule has 6 heteroatoms. The van der Waals surface area contributed by atoms with E-state index < -0.39 is 10.1 Å². The highest BCUT2D eigenvalue weighted by Gasteiger charge is 2.40. The number of hydrogen-bond acceptors (Lipinski definition) is 5. The maximum absolute atomic E-state index is 12.3. The normalized spacial score (nSPS) is 21.4. The Bertz CT molecular complexity index is 831. The summed E-state index contributed by atoms with van der Waals surface area (Å²) >= 11 is 0. The van der Waals surface area contributed by atoms with Gasteiger partial charge >= 0.3 is 0 Å². The summed E-state index contributed by atoms with van der Waals surface area (Å²) in [6.07, 6.45) is -0.517. The molecule has 1 saturated heterocycles. The average molecular weight is 390 g/mol. The molecule has 146 valence electrons. The van der Waals surface area contributed by atoms with Crippen molar-refractivity contribution in [2.75, 3.05) is 13.2 Å². The van der Waals surface area contributed by atoms with Crippen LogP contribution >= 0.6 is 0 Å². The van der Waals surface area contributed by atoms with Crippen molar-refractivity contribution in [1.82, 2.24) is 4.90 Å². The summed E-state index contributed by atoms with van der Waals surface area (Å²) in [5, 5.41) is 0. The molecule has 0 N–H and O–H groups in total. The largest absolute Gasteiger partial charge is 0.352 e. The van der Waals surface area contributed by atoms with Gasteiger partial charge < -0.3 is 4.74 Å². The average Bonchev–Trinajstić information content (AvgIpc) is 3.06. The minimum Gasteiger partial charge on any atom is -0.352 e. The Hall–Kier alpha value is -1.73. The van der Waals surface area contributed by atoms with Crippen molar-refractivity contribution in [1.29, 1.82) is 0 Å². The fourth-order valence-corrected chi connectivity index (χ4v) is 4.25. The summed E-state index contributed by atoms with van der Waals surface area (Å²) in [7, 11) is -3.66. The second kappa shape index (κ2) is 8.10. The van der Waals surface area contributed by atoms with Crippen molar-refractivity contribution < 1.29 is 17.3 Å². The van der Waals surface area contributed by atoms with E-state index in [1.165, 1.54) is 0 Å². The second-order valence-electron chi connectivity index (χ2n) is 7.82. The van der Waals surface area contributed by atoms with Crippen LogP contribution in [0.5, 0.6) is 0 Å². The third-order valence-corrected chi connectivity index (χ3v) is 5.75. The van der Waals surface area contributed by atoms with Crippen molar-refractivity contribution in [2.24, 2.45) is 0 Å². The number of benzene rings is 2. The lowest BCUT2D eigenvalue weighted by atomic mass is 10.0. The lowest BCUT2D eigenvalue weighted by Gasteiger charge is -2.35. The van der Waals surface area contributed by atoms with Crippen LogP contribution in [0.25, 0.3) is 0 Å². The number of ether oxygens (including phenoxy) is 1. The molecule has 0 aromatic heterocycles. The zero-order valence-corrected chi connectivity index (χ0v) is 16.9. The highest BCUT2D eigenvalue weighted by Crippen LogP contribution is 2.36. The topological polar surface area (TPSA) is 55.8 Å². The summed E-state index contributed by atoms with van der Waals surface area (Å²) in [5.74, 6) is -0.133. The van der Waals surface area contributed by atoms with Gasteiger partial charge in [-0.3, -0.25) is 9.08 Å². The molecule has 2 aromatic rings. The van der Waals surface area contributed by atoms with Gasteiger partial charge in [-0.05, 0) is 31.9 Å². The molecule has 1 aliphatic rings. The van der Waals surface area contributed by atoms with E-state index in [-0.39, 0.29) is 30.2 Å². The van der Waals surface area contributed by atoms with Gasteiger partial charge in [0.1, 0.15) is 12.0 Å². The number of hydrogen-bond donors (Lipinski definition) is 0. The summed E-state index contributed by atoms with van der Waals surface area (Å²) in [6, 6.07) is 19.0. The van der Waals surface area contributed by atoms with Crippen molar-refractivity contribution in [3.8, 4) is 0 Å². The van der Waals surface area contributed by atoms with E-state index in [0.717, 1.165) is 5.56 Å². The minimum absolute atomic E-state index is 0.0189. The highest BCUT2D eigenvalue weighted by molar-refractivity contribution is 7.85. The van der Waals surface area contributed by atoms with Crippen molar-refractivity contribution in [2.45, 2.75) is 44.4 Å². The molecule has 5 nitrogen and oxygen atoms in total. The Morgan fingerprint density at radius 2 is 1.63 bits per heavy atom. The molecule has 2 aromatic carbocycles. The standard InChI is InChI=1S/C21H27NO4S/c1-21(2,3)22-14-19(26-20(22)18-12-8-5-9-13-18)15-25-27(23,24)16-17-10-6-4-7-11-17/h4-13,19-20H,14-16H2,1-3H3/t19?,20-/m0/s1. The first-order valence-corrected chi connectivity index (χ1v) is 10.7. The molecule has 0 saturated carbocycles. The second-order valence-corrected chi connectivity index (χ2v) is 9.46. The SMILES string of the molecule is CC(C)(C)N1CC(COS(=O)(=O)Cc2ccccc2)O[C@H]1c1ccccc1. The van der Waals surface area contributed by atoms with Gasteiger partial charge in [-0.2, -0.15) is 8.42 Å². The van der Waals surface area contributed by atoms with Gasteiger partial charge in [0, 0.05) is 12.1 Å². The van der Waals surface area contributed by atoms with E-state index in [9.17, 15) is 8.42 Å². The molecule has 3 rings (SSSR count). The van der Waals surface area contributed by atoms with Gasteiger partial charge in [0.05, 0.1) is 12.7 Å². The van der Waals surface area contributed by atoms with E-state index in [2.05, 4.69) is 25.7 Å². The number of nitrogens with zero attached hydrogens (tertiary/aromatic N) is 1. The van der Waals surface area contributed by atoms with Crippen LogP contribution in [0.1, 0.15) is 38.1 Å². The smallest absolute Gasteiger partial charge is 0.271 e. The number of rotatable bonds is 6. The Morgan fingerprint density at radius 3 is 2.22 bits per heavy atom. The van der Waals surface area contributed by atoms with Gasteiger partial charge in [0.25, 0.3) is 10.1 Å². The van der Waals surface area contributed by atoms with Gasteiger partial charge in [0.15, 0.2) is 0 Å². The quantitative estimate of drug-likeness (QED) is 0.705. The predicted molar refractivity (Wildman–Crippen MR) is 106 cm³/mol. The van der Waals surface area contributed by atoms with Crippen LogP contribution in [0.3, 0.4) is 0 Å². The fraction of sp³-hybridized carbons (Fsp3) is 0.429. The molecule has 1 aliphatic heterocycles. The van der Waals surface area contributed by atoms with Gasteiger partial charge in [-0.15, -0.1) is 0 Å². The lowest BCUT2D eigenvalue weighted by Crippen LogP contribution is -2.41. The van der Waals surface area contributed by atoms with E-state index in [1.807, 2.05) is 48.5 Å². The molecule has 1 fully saturated rings. The lowest BCUT2D eigenvalue weighted by molar-refractivity contribution is -0.0394. The van der Waals surface area contributed by atoms with Crippen LogP contribution in [-0.4, -0.2) is 38.1 Å². The van der Waals surface area contributed by atoms with E-state index in [4.69, 9.17) is 8.92 Å². The van der Waals surface area contributed by atoms with E-state index >= 15 is 0 Å². The molecule has 0 radical (unpaired) electrons. The molecular weight excluding hydrogens is 362 g/mol. The molecule has 27 heavy (non-hydrogen) atoms. The van der Waals surface area contributed by atoms with Crippen LogP contribution in [0.15, 0.2) is 60.7 Å². The fourth-order valence-electron chi connectivity index (χ4n) is 3.21. The van der Waals surface area contributed by atoms with Crippen LogP contribution in [0, 0.1) is 0 Å². The monoisotopic (exact) mass is 389 g/mol. The molecule has 0 amide bonds. The summed E-state index contributed by atoms with van der Waals surface area (Å²) < 4.78 is 36.0. The third-order valence-electron chi connectivity index (χ3n) is 4.57. The molecule has 1 unspecified atom stereocenters. The maximum atomic E-state index is 12.3. The molecule has 2 atom stereocenters. The zero-order chi connectivity index (χ0) is 19.5. The van der Waals surface area contributed by atoms with E-state index in [0.29, 0.717) is 12.1 Å². The molecule has 0 aliphatic carbocycles. The Morgan fingerprint density at radius 1 is 1.04 bits per heavy atom. The van der Waals surface area contributed by atoms with Gasteiger partial charge in [0.2, 0.25) is 0 Å². The maximum Gasteiger partial charge on any atom is 0.271 e. The van der Waals surface area contributed by atoms with Crippen LogP contribution < -0.4 is 0 Å². The van der Waals surface area contributed by atoms with Crippen LogP contribution in [0.2, 0.25) is 0 Å². The first-order chi connectivity index (χ1) is 12.7. The van der Waals surface area contributed by atoms with Gasteiger partial charge in [-0.1, -0.05) is 60.7 Å². The Balaban J connectivity index is 1.65.